The zero-order valence-electron chi connectivity index (χ0n) is 14.9. The molecule has 2 N–H and O–H groups in total. The van der Waals surface area contributed by atoms with Crippen LogP contribution in [0.2, 0.25) is 0 Å². The zero-order valence-corrected chi connectivity index (χ0v) is 14.9. The van der Waals surface area contributed by atoms with Crippen molar-refractivity contribution in [3.63, 3.8) is 0 Å². The molecule has 1 atom stereocenters. The summed E-state index contributed by atoms with van der Waals surface area (Å²) < 4.78 is 5.52. The molecule has 0 aliphatic carbocycles. The summed E-state index contributed by atoms with van der Waals surface area (Å²) in [5.74, 6) is -0.122. The third-order valence-corrected chi connectivity index (χ3v) is 3.93. The van der Waals surface area contributed by atoms with Gasteiger partial charge >= 0.3 is 0 Å². The summed E-state index contributed by atoms with van der Waals surface area (Å²) in [6.07, 6.45) is 0.101. The van der Waals surface area contributed by atoms with Crippen LogP contribution in [0.5, 0.6) is 0 Å². The van der Waals surface area contributed by atoms with Gasteiger partial charge in [-0.05, 0) is 17.7 Å². The highest BCUT2D eigenvalue weighted by Crippen LogP contribution is 2.26. The standard InChI is InChI=1S/C20H20N4O3/c1-14-23-24-20(27-14)17(15-8-4-2-5-9-15)12-18(25)21-13-19(26)22-16-10-6-3-7-11-16/h2-11,17H,12-13H2,1H3,(H,21,25)(H,22,26). The Kier molecular flexibility index (Phi) is 5.94. The highest BCUT2D eigenvalue weighted by Gasteiger charge is 2.23. The third-order valence-electron chi connectivity index (χ3n) is 3.93. The van der Waals surface area contributed by atoms with Gasteiger partial charge in [0.25, 0.3) is 0 Å². The fourth-order valence-electron chi connectivity index (χ4n) is 2.65. The first-order valence-corrected chi connectivity index (χ1v) is 8.58. The predicted molar refractivity (Wildman–Crippen MR) is 100 cm³/mol. The van der Waals surface area contributed by atoms with E-state index in [-0.39, 0.29) is 30.7 Å². The van der Waals surface area contributed by atoms with Gasteiger partial charge < -0.3 is 15.1 Å². The number of benzene rings is 2. The molecule has 3 rings (SSSR count). The summed E-state index contributed by atoms with van der Waals surface area (Å²) in [5, 5.41) is 13.3. The second kappa shape index (κ2) is 8.75. The van der Waals surface area contributed by atoms with E-state index in [2.05, 4.69) is 20.8 Å². The van der Waals surface area contributed by atoms with E-state index in [1.165, 1.54) is 0 Å². The highest BCUT2D eigenvalue weighted by atomic mass is 16.4. The predicted octanol–water partition coefficient (Wildman–Crippen LogP) is 2.65. The highest BCUT2D eigenvalue weighted by molar-refractivity contribution is 5.94. The zero-order chi connectivity index (χ0) is 19.1. The smallest absolute Gasteiger partial charge is 0.243 e. The summed E-state index contributed by atoms with van der Waals surface area (Å²) in [5.41, 5.74) is 1.57. The van der Waals surface area contributed by atoms with E-state index in [0.717, 1.165) is 5.56 Å². The van der Waals surface area contributed by atoms with Crippen molar-refractivity contribution < 1.29 is 14.0 Å². The second-order valence-electron chi connectivity index (χ2n) is 6.02. The Morgan fingerprint density at radius 2 is 1.63 bits per heavy atom. The van der Waals surface area contributed by atoms with Gasteiger partial charge in [-0.2, -0.15) is 0 Å². The first-order chi connectivity index (χ1) is 13.1. The average molecular weight is 364 g/mol. The van der Waals surface area contributed by atoms with Crippen molar-refractivity contribution in [2.45, 2.75) is 19.3 Å². The average Bonchev–Trinajstić information content (AvgIpc) is 3.12. The molecule has 0 bridgehead atoms. The normalized spacial score (nSPS) is 11.6. The number of carbonyl (C=O) groups is 2. The monoisotopic (exact) mass is 364 g/mol. The van der Waals surface area contributed by atoms with Crippen molar-refractivity contribution in [3.05, 3.63) is 78.0 Å². The molecule has 0 aliphatic rings. The minimum absolute atomic E-state index is 0.101. The van der Waals surface area contributed by atoms with E-state index in [9.17, 15) is 9.59 Å². The molecule has 0 saturated heterocycles. The van der Waals surface area contributed by atoms with E-state index in [0.29, 0.717) is 17.5 Å². The van der Waals surface area contributed by atoms with Gasteiger partial charge in [0.05, 0.1) is 12.5 Å². The van der Waals surface area contributed by atoms with Gasteiger partial charge in [-0.1, -0.05) is 48.5 Å². The maximum absolute atomic E-state index is 12.4. The third kappa shape index (κ3) is 5.24. The Labute approximate surface area is 156 Å². The summed E-state index contributed by atoms with van der Waals surface area (Å²) in [6.45, 7) is 1.59. The molecule has 2 amide bonds. The molecule has 3 aromatic rings. The van der Waals surface area contributed by atoms with E-state index in [1.54, 1.807) is 19.1 Å². The number of anilines is 1. The van der Waals surface area contributed by atoms with Crippen molar-refractivity contribution in [2.24, 2.45) is 0 Å². The van der Waals surface area contributed by atoms with Gasteiger partial charge in [0.2, 0.25) is 23.6 Å². The summed E-state index contributed by atoms with van der Waals surface area (Å²) in [7, 11) is 0. The lowest BCUT2D eigenvalue weighted by molar-refractivity contribution is -0.124. The van der Waals surface area contributed by atoms with Gasteiger partial charge in [-0.15, -0.1) is 10.2 Å². The van der Waals surface area contributed by atoms with Crippen LogP contribution in [0.15, 0.2) is 65.1 Å². The fourth-order valence-corrected chi connectivity index (χ4v) is 2.65. The van der Waals surface area contributed by atoms with Gasteiger partial charge in [0.15, 0.2) is 0 Å². The summed E-state index contributed by atoms with van der Waals surface area (Å²) in [6, 6.07) is 18.5. The molecule has 7 heteroatoms. The van der Waals surface area contributed by atoms with Crippen LogP contribution >= 0.6 is 0 Å². The molecule has 2 aromatic carbocycles. The SMILES string of the molecule is Cc1nnc(C(CC(=O)NCC(=O)Nc2ccccc2)c2ccccc2)o1. The lowest BCUT2D eigenvalue weighted by Gasteiger charge is -2.13. The van der Waals surface area contributed by atoms with Crippen LogP contribution in [-0.4, -0.2) is 28.6 Å². The molecule has 27 heavy (non-hydrogen) atoms. The number of rotatable bonds is 7. The topological polar surface area (TPSA) is 97.1 Å². The molecule has 7 nitrogen and oxygen atoms in total. The Morgan fingerprint density at radius 3 is 2.26 bits per heavy atom. The number of nitrogens with zero attached hydrogens (tertiary/aromatic N) is 2. The van der Waals surface area contributed by atoms with E-state index >= 15 is 0 Å². The van der Waals surface area contributed by atoms with Crippen molar-refractivity contribution >= 4 is 17.5 Å². The molecule has 0 radical (unpaired) electrons. The molecular formula is C20H20N4O3. The number of amides is 2. The Balaban J connectivity index is 1.60. The van der Waals surface area contributed by atoms with Crippen LogP contribution in [0.3, 0.4) is 0 Å². The second-order valence-corrected chi connectivity index (χ2v) is 6.02. The van der Waals surface area contributed by atoms with E-state index < -0.39 is 0 Å². The van der Waals surface area contributed by atoms with Gasteiger partial charge in [-0.25, -0.2) is 0 Å². The molecule has 0 saturated carbocycles. The maximum atomic E-state index is 12.4. The Hall–Kier alpha value is -3.48. The lowest BCUT2D eigenvalue weighted by atomic mass is 9.95. The van der Waals surface area contributed by atoms with Gasteiger partial charge in [-0.3, -0.25) is 9.59 Å². The van der Waals surface area contributed by atoms with E-state index in [4.69, 9.17) is 4.42 Å². The molecule has 1 unspecified atom stereocenters. The number of nitrogens with one attached hydrogen (secondary N) is 2. The van der Waals surface area contributed by atoms with Crippen molar-refractivity contribution in [1.29, 1.82) is 0 Å². The number of hydrogen-bond acceptors (Lipinski definition) is 5. The van der Waals surface area contributed by atoms with Crippen LogP contribution < -0.4 is 10.6 Å². The van der Waals surface area contributed by atoms with E-state index in [1.807, 2.05) is 48.5 Å². The molecule has 1 aromatic heterocycles. The number of aromatic nitrogens is 2. The largest absolute Gasteiger partial charge is 0.425 e. The number of hydrogen-bond donors (Lipinski definition) is 2. The maximum Gasteiger partial charge on any atom is 0.243 e. The van der Waals surface area contributed by atoms with Gasteiger partial charge in [0, 0.05) is 19.0 Å². The van der Waals surface area contributed by atoms with Crippen LogP contribution in [0, 0.1) is 6.92 Å². The molecule has 0 spiro atoms. The van der Waals surface area contributed by atoms with Crippen molar-refractivity contribution in [3.8, 4) is 0 Å². The number of carbonyl (C=O) groups excluding carboxylic acids is 2. The minimum Gasteiger partial charge on any atom is -0.425 e. The molecule has 138 valence electrons. The van der Waals surface area contributed by atoms with Crippen LogP contribution in [0.4, 0.5) is 5.69 Å². The van der Waals surface area contributed by atoms with Crippen molar-refractivity contribution in [2.75, 3.05) is 11.9 Å². The van der Waals surface area contributed by atoms with Crippen LogP contribution in [0.25, 0.3) is 0 Å². The Morgan fingerprint density at radius 1 is 0.963 bits per heavy atom. The summed E-state index contributed by atoms with van der Waals surface area (Å²) >= 11 is 0. The van der Waals surface area contributed by atoms with Gasteiger partial charge in [0.1, 0.15) is 0 Å². The fraction of sp³-hybridized carbons (Fsp3) is 0.200. The first-order valence-electron chi connectivity index (χ1n) is 8.58. The summed E-state index contributed by atoms with van der Waals surface area (Å²) in [4.78, 5) is 24.4. The number of para-hydroxylation sites is 1. The van der Waals surface area contributed by atoms with Crippen LogP contribution in [-0.2, 0) is 9.59 Å². The number of aryl methyl sites for hydroxylation is 1. The lowest BCUT2D eigenvalue weighted by Crippen LogP contribution is -2.33. The molecular weight excluding hydrogens is 344 g/mol. The molecule has 0 aliphatic heterocycles. The van der Waals surface area contributed by atoms with Crippen molar-refractivity contribution in [1.82, 2.24) is 15.5 Å². The molecule has 0 fully saturated rings. The van der Waals surface area contributed by atoms with Crippen LogP contribution in [0.1, 0.15) is 29.7 Å². The molecule has 1 heterocycles. The first kappa shape index (κ1) is 18.3. The quantitative estimate of drug-likeness (QED) is 0.672. The minimum atomic E-state index is -0.371. The Bertz CT molecular complexity index is 894.